The van der Waals surface area contributed by atoms with Gasteiger partial charge in [-0.1, -0.05) is 23.2 Å². The summed E-state index contributed by atoms with van der Waals surface area (Å²) in [6.07, 6.45) is 0.762. The molecule has 0 aliphatic rings. The maximum Gasteiger partial charge on any atom is 0.189 e. The van der Waals surface area contributed by atoms with Gasteiger partial charge in [0.05, 0.1) is 5.02 Å². The number of hydrogen-bond acceptors (Lipinski definition) is 3. The predicted octanol–water partition coefficient (Wildman–Crippen LogP) is 3.23. The molecule has 0 unspecified atom stereocenters. The van der Waals surface area contributed by atoms with E-state index in [9.17, 15) is 4.79 Å². The van der Waals surface area contributed by atoms with Crippen LogP contribution < -0.4 is 0 Å². The Morgan fingerprint density at radius 3 is 2.71 bits per heavy atom. The van der Waals surface area contributed by atoms with Crippen molar-refractivity contribution in [1.29, 1.82) is 0 Å². The Kier molecular flexibility index (Phi) is 6.52. The van der Waals surface area contributed by atoms with E-state index in [4.69, 9.17) is 32.7 Å². The van der Waals surface area contributed by atoms with Crippen molar-refractivity contribution in [1.82, 2.24) is 0 Å². The third-order valence-electron chi connectivity index (χ3n) is 2.10. The molecular weight excluding hydrogens is 263 g/mol. The highest BCUT2D eigenvalue weighted by Crippen LogP contribution is 2.21. The standard InChI is InChI=1S/C12H14Cl2O3/c1-16-5-2-6-17-8-12(15)10-4-3-9(13)7-11(10)14/h3-4,7H,2,5-6,8H2,1H3. The van der Waals surface area contributed by atoms with Crippen LogP contribution >= 0.6 is 23.2 Å². The highest BCUT2D eigenvalue weighted by Gasteiger charge is 2.10. The highest BCUT2D eigenvalue weighted by atomic mass is 35.5. The van der Waals surface area contributed by atoms with E-state index in [1.807, 2.05) is 0 Å². The highest BCUT2D eigenvalue weighted by molar-refractivity contribution is 6.36. The molecule has 0 fully saturated rings. The van der Waals surface area contributed by atoms with Crippen molar-refractivity contribution < 1.29 is 14.3 Å². The molecule has 0 bridgehead atoms. The molecule has 0 spiro atoms. The van der Waals surface area contributed by atoms with Gasteiger partial charge in [0.2, 0.25) is 0 Å². The molecule has 0 saturated heterocycles. The molecule has 0 aliphatic heterocycles. The lowest BCUT2D eigenvalue weighted by Crippen LogP contribution is -2.11. The Labute approximate surface area is 111 Å². The molecule has 0 amide bonds. The van der Waals surface area contributed by atoms with Crippen molar-refractivity contribution in [2.75, 3.05) is 26.9 Å². The summed E-state index contributed by atoms with van der Waals surface area (Å²) in [7, 11) is 1.62. The normalized spacial score (nSPS) is 10.5. The SMILES string of the molecule is COCCCOCC(=O)c1ccc(Cl)cc1Cl. The molecule has 0 atom stereocenters. The summed E-state index contributed by atoms with van der Waals surface area (Å²) < 4.78 is 10.1. The molecule has 0 heterocycles. The number of Topliss-reactive ketones (excluding diaryl/α,β-unsaturated/α-hetero) is 1. The van der Waals surface area contributed by atoms with Crippen LogP contribution in [0.2, 0.25) is 10.0 Å². The van der Waals surface area contributed by atoms with Gasteiger partial charge in [-0.15, -0.1) is 0 Å². The quantitative estimate of drug-likeness (QED) is 0.567. The molecule has 1 rings (SSSR count). The second-order valence-corrected chi connectivity index (χ2v) is 4.29. The van der Waals surface area contributed by atoms with Gasteiger partial charge in [0.15, 0.2) is 5.78 Å². The van der Waals surface area contributed by atoms with Crippen LogP contribution in [0.25, 0.3) is 0 Å². The Hall–Kier alpha value is -0.610. The molecule has 0 saturated carbocycles. The summed E-state index contributed by atoms with van der Waals surface area (Å²) in [5.74, 6) is -0.149. The zero-order valence-electron chi connectivity index (χ0n) is 9.54. The van der Waals surface area contributed by atoms with E-state index < -0.39 is 0 Å². The fourth-order valence-corrected chi connectivity index (χ4v) is 1.78. The van der Waals surface area contributed by atoms with E-state index in [0.29, 0.717) is 28.8 Å². The molecule has 1 aromatic carbocycles. The lowest BCUT2D eigenvalue weighted by Gasteiger charge is -2.05. The first-order valence-corrected chi connectivity index (χ1v) is 5.95. The van der Waals surface area contributed by atoms with Gasteiger partial charge < -0.3 is 9.47 Å². The maximum absolute atomic E-state index is 11.7. The van der Waals surface area contributed by atoms with Crippen molar-refractivity contribution >= 4 is 29.0 Å². The number of hydrogen-bond donors (Lipinski definition) is 0. The smallest absolute Gasteiger partial charge is 0.189 e. The Morgan fingerprint density at radius 1 is 1.29 bits per heavy atom. The molecule has 0 aliphatic carbocycles. The van der Waals surface area contributed by atoms with E-state index in [2.05, 4.69) is 0 Å². The zero-order valence-corrected chi connectivity index (χ0v) is 11.1. The summed E-state index contributed by atoms with van der Waals surface area (Å²) in [6, 6.07) is 4.78. The van der Waals surface area contributed by atoms with E-state index in [1.165, 1.54) is 0 Å². The summed E-state index contributed by atoms with van der Waals surface area (Å²) in [4.78, 5) is 11.7. The van der Waals surface area contributed by atoms with Crippen molar-refractivity contribution in [3.63, 3.8) is 0 Å². The van der Waals surface area contributed by atoms with Crippen LogP contribution in [0.5, 0.6) is 0 Å². The van der Waals surface area contributed by atoms with Crippen LogP contribution in [0.3, 0.4) is 0 Å². The largest absolute Gasteiger partial charge is 0.385 e. The number of carbonyl (C=O) groups excluding carboxylic acids is 1. The van der Waals surface area contributed by atoms with Crippen molar-refractivity contribution in [3.8, 4) is 0 Å². The van der Waals surface area contributed by atoms with Crippen LogP contribution in [-0.4, -0.2) is 32.7 Å². The fraction of sp³-hybridized carbons (Fsp3) is 0.417. The van der Waals surface area contributed by atoms with E-state index in [0.717, 1.165) is 6.42 Å². The van der Waals surface area contributed by atoms with Gasteiger partial charge in [-0.25, -0.2) is 0 Å². The third-order valence-corrected chi connectivity index (χ3v) is 2.65. The number of benzene rings is 1. The third kappa shape index (κ3) is 5.04. The number of halogens is 2. The van der Waals surface area contributed by atoms with Crippen LogP contribution in [0.1, 0.15) is 16.8 Å². The van der Waals surface area contributed by atoms with Gasteiger partial charge in [0.1, 0.15) is 6.61 Å². The summed E-state index contributed by atoms with van der Waals surface area (Å²) in [5.41, 5.74) is 0.433. The Bertz CT molecular complexity index is 380. The first kappa shape index (κ1) is 14.5. The average Bonchev–Trinajstić information content (AvgIpc) is 2.28. The molecule has 0 radical (unpaired) electrons. The molecule has 17 heavy (non-hydrogen) atoms. The predicted molar refractivity (Wildman–Crippen MR) is 68.1 cm³/mol. The van der Waals surface area contributed by atoms with Gasteiger partial charge in [0, 0.05) is 30.9 Å². The van der Waals surface area contributed by atoms with E-state index in [1.54, 1.807) is 25.3 Å². The number of ether oxygens (including phenoxy) is 2. The molecule has 94 valence electrons. The Morgan fingerprint density at radius 2 is 2.06 bits per heavy atom. The van der Waals surface area contributed by atoms with E-state index in [-0.39, 0.29) is 12.4 Å². The topological polar surface area (TPSA) is 35.5 Å². The first-order valence-electron chi connectivity index (χ1n) is 5.20. The minimum Gasteiger partial charge on any atom is -0.385 e. The summed E-state index contributed by atoms with van der Waals surface area (Å²) in [6.45, 7) is 1.13. The Balaban J connectivity index is 2.42. The molecular formula is C12H14Cl2O3. The summed E-state index contributed by atoms with van der Waals surface area (Å²) in [5, 5.41) is 0.857. The van der Waals surface area contributed by atoms with Crippen molar-refractivity contribution in [2.24, 2.45) is 0 Å². The van der Waals surface area contributed by atoms with Crippen LogP contribution in [-0.2, 0) is 9.47 Å². The van der Waals surface area contributed by atoms with Gasteiger partial charge in [0.25, 0.3) is 0 Å². The lowest BCUT2D eigenvalue weighted by molar-refractivity contribution is 0.0705. The zero-order chi connectivity index (χ0) is 12.7. The van der Waals surface area contributed by atoms with Crippen molar-refractivity contribution in [3.05, 3.63) is 33.8 Å². The second-order valence-electron chi connectivity index (χ2n) is 3.45. The van der Waals surface area contributed by atoms with Gasteiger partial charge >= 0.3 is 0 Å². The maximum atomic E-state index is 11.7. The molecule has 3 nitrogen and oxygen atoms in total. The summed E-state index contributed by atoms with van der Waals surface area (Å²) >= 11 is 11.6. The van der Waals surface area contributed by atoms with Crippen LogP contribution in [0.15, 0.2) is 18.2 Å². The monoisotopic (exact) mass is 276 g/mol. The number of rotatable bonds is 7. The van der Waals surface area contributed by atoms with Crippen LogP contribution in [0, 0.1) is 0 Å². The molecule has 1 aromatic rings. The molecule has 0 aromatic heterocycles. The van der Waals surface area contributed by atoms with E-state index >= 15 is 0 Å². The minimum absolute atomic E-state index is 0.0189. The number of ketones is 1. The van der Waals surface area contributed by atoms with Crippen LogP contribution in [0.4, 0.5) is 0 Å². The van der Waals surface area contributed by atoms with Gasteiger partial charge in [-0.2, -0.15) is 0 Å². The minimum atomic E-state index is -0.149. The van der Waals surface area contributed by atoms with Gasteiger partial charge in [-0.05, 0) is 24.6 Å². The molecule has 5 heteroatoms. The lowest BCUT2D eigenvalue weighted by atomic mass is 10.1. The first-order chi connectivity index (χ1) is 8.15. The second kappa shape index (κ2) is 7.67. The fourth-order valence-electron chi connectivity index (χ4n) is 1.26. The molecule has 0 N–H and O–H groups in total. The van der Waals surface area contributed by atoms with Gasteiger partial charge in [-0.3, -0.25) is 4.79 Å². The van der Waals surface area contributed by atoms with Crippen molar-refractivity contribution in [2.45, 2.75) is 6.42 Å². The number of methoxy groups -OCH3 is 1. The number of carbonyl (C=O) groups is 1. The average molecular weight is 277 g/mol.